The van der Waals surface area contributed by atoms with E-state index in [0.29, 0.717) is 54.6 Å². The quantitative estimate of drug-likeness (QED) is 0.267. The number of nitrogens with zero attached hydrogens (tertiary/aromatic N) is 8. The third kappa shape index (κ3) is 5.72. The van der Waals surface area contributed by atoms with Crippen LogP contribution < -0.4 is 19.7 Å². The molecule has 4 aromatic heterocycles. The van der Waals surface area contributed by atoms with E-state index >= 15 is 0 Å². The van der Waals surface area contributed by atoms with Crippen molar-refractivity contribution in [2.45, 2.75) is 25.9 Å². The van der Waals surface area contributed by atoms with Gasteiger partial charge in [-0.15, -0.1) is 0 Å². The van der Waals surface area contributed by atoms with Crippen LogP contribution in [0.25, 0.3) is 16.7 Å². The van der Waals surface area contributed by atoms with E-state index in [1.807, 2.05) is 85.2 Å². The zero-order valence-electron chi connectivity index (χ0n) is 25.7. The summed E-state index contributed by atoms with van der Waals surface area (Å²) in [7, 11) is 3.99. The maximum atomic E-state index is 13.1. The summed E-state index contributed by atoms with van der Waals surface area (Å²) >= 11 is 0. The molecule has 2 aliphatic rings. The molecule has 5 aromatic rings. The van der Waals surface area contributed by atoms with Crippen LogP contribution in [-0.4, -0.2) is 92.5 Å². The molecule has 2 unspecified atom stereocenters. The van der Waals surface area contributed by atoms with Crippen LogP contribution in [0, 0.1) is 6.92 Å². The monoisotopic (exact) mass is 605 g/mol. The van der Waals surface area contributed by atoms with Gasteiger partial charge >= 0.3 is 0 Å². The van der Waals surface area contributed by atoms with Crippen LogP contribution in [0.15, 0.2) is 73.5 Å². The van der Waals surface area contributed by atoms with Gasteiger partial charge < -0.3 is 33.9 Å². The van der Waals surface area contributed by atoms with Gasteiger partial charge in [0.05, 0.1) is 11.6 Å². The fraction of sp³-hybridized carbons (Fsp3) is 0.303. The van der Waals surface area contributed by atoms with Crippen LogP contribution in [0.4, 0.5) is 17.3 Å². The van der Waals surface area contributed by atoms with Gasteiger partial charge in [0, 0.05) is 68.2 Å². The van der Waals surface area contributed by atoms with Gasteiger partial charge in [-0.2, -0.15) is 0 Å². The molecule has 230 valence electrons. The Morgan fingerprint density at radius 1 is 1.13 bits per heavy atom. The lowest BCUT2D eigenvalue weighted by Gasteiger charge is -2.39. The van der Waals surface area contributed by atoms with Crippen molar-refractivity contribution < 1.29 is 14.3 Å². The first-order chi connectivity index (χ1) is 21.8. The summed E-state index contributed by atoms with van der Waals surface area (Å²) in [5.41, 5.74) is 3.94. The number of carbonyl (C=O) groups excluding carboxylic acids is 1. The SMILES string of the molecule is Cc1cc(Nc2ncnc3cc4c(nc23)N2CCN(C(=O)/C=C/C(C)N(C)C)C(CO4)C2)ccc1Oc1ccn2ccnc2c1. The zero-order chi connectivity index (χ0) is 31.1. The number of hydrogen-bond acceptors (Lipinski definition) is 10. The van der Waals surface area contributed by atoms with E-state index in [1.54, 1.807) is 12.3 Å². The predicted octanol–water partition coefficient (Wildman–Crippen LogP) is 4.43. The number of likely N-dealkylation sites (N-methyl/N-ethyl adjacent to an activating group) is 1. The van der Waals surface area contributed by atoms with Gasteiger partial charge in [-0.3, -0.25) is 4.79 Å². The Hall–Kier alpha value is -5.23. The van der Waals surface area contributed by atoms with Crippen LogP contribution in [-0.2, 0) is 4.79 Å². The molecule has 12 nitrogen and oxygen atoms in total. The van der Waals surface area contributed by atoms with Gasteiger partial charge in [0.25, 0.3) is 0 Å². The van der Waals surface area contributed by atoms with Gasteiger partial charge in [0.15, 0.2) is 17.4 Å². The maximum Gasteiger partial charge on any atom is 0.246 e. The smallest absolute Gasteiger partial charge is 0.246 e. The molecule has 2 atom stereocenters. The summed E-state index contributed by atoms with van der Waals surface area (Å²) in [6, 6.07) is 11.7. The highest BCUT2D eigenvalue weighted by molar-refractivity contribution is 5.90. The molecule has 0 aliphatic carbocycles. The normalized spacial score (nSPS) is 17.0. The van der Waals surface area contributed by atoms with Crippen LogP contribution in [0.3, 0.4) is 0 Å². The largest absolute Gasteiger partial charge is 0.487 e. The molecule has 1 N–H and O–H groups in total. The highest BCUT2D eigenvalue weighted by Gasteiger charge is 2.35. The Bertz CT molecular complexity index is 1920. The Morgan fingerprint density at radius 3 is 2.87 bits per heavy atom. The van der Waals surface area contributed by atoms with E-state index in [9.17, 15) is 4.79 Å². The summed E-state index contributed by atoms with van der Waals surface area (Å²) in [6.07, 6.45) is 10.7. The molecule has 45 heavy (non-hydrogen) atoms. The number of imidazole rings is 1. The molecule has 12 heteroatoms. The van der Waals surface area contributed by atoms with Gasteiger partial charge in [-0.05, 0) is 57.8 Å². The second-order valence-electron chi connectivity index (χ2n) is 11.7. The lowest BCUT2D eigenvalue weighted by Crippen LogP contribution is -2.56. The van der Waals surface area contributed by atoms with Gasteiger partial charge in [-0.1, -0.05) is 6.08 Å². The number of amides is 1. The summed E-state index contributed by atoms with van der Waals surface area (Å²) in [5, 5.41) is 3.42. The van der Waals surface area contributed by atoms with Crippen molar-refractivity contribution in [1.82, 2.24) is 34.1 Å². The number of anilines is 3. The number of fused-ring (bicyclic) bond motifs is 6. The van der Waals surface area contributed by atoms with Crippen LogP contribution in [0.1, 0.15) is 12.5 Å². The van der Waals surface area contributed by atoms with Gasteiger partial charge in [-0.25, -0.2) is 19.9 Å². The molecule has 7 rings (SSSR count). The minimum absolute atomic E-state index is 0.00387. The van der Waals surface area contributed by atoms with Crippen molar-refractivity contribution in [2.24, 2.45) is 0 Å². The lowest BCUT2D eigenvalue weighted by molar-refractivity contribution is -0.129. The summed E-state index contributed by atoms with van der Waals surface area (Å²) in [6.45, 7) is 6.33. The Balaban J connectivity index is 1.10. The molecule has 0 spiro atoms. The molecule has 1 amide bonds. The van der Waals surface area contributed by atoms with E-state index in [0.717, 1.165) is 28.5 Å². The summed E-state index contributed by atoms with van der Waals surface area (Å²) < 4.78 is 14.3. The number of ether oxygens (including phenoxy) is 2. The number of aryl methyl sites for hydroxylation is 1. The van der Waals surface area contributed by atoms with Crippen molar-refractivity contribution >= 4 is 39.9 Å². The highest BCUT2D eigenvalue weighted by Crippen LogP contribution is 2.36. The predicted molar refractivity (Wildman–Crippen MR) is 173 cm³/mol. The number of hydrogen-bond donors (Lipinski definition) is 1. The highest BCUT2D eigenvalue weighted by atomic mass is 16.5. The van der Waals surface area contributed by atoms with E-state index < -0.39 is 0 Å². The van der Waals surface area contributed by atoms with E-state index in [1.165, 1.54) is 6.33 Å². The molecule has 1 aromatic carbocycles. The first-order valence-electron chi connectivity index (χ1n) is 15.0. The fourth-order valence-corrected chi connectivity index (χ4v) is 5.60. The minimum Gasteiger partial charge on any atom is -0.487 e. The lowest BCUT2D eigenvalue weighted by atomic mass is 10.1. The van der Waals surface area contributed by atoms with Gasteiger partial charge in [0.1, 0.15) is 35.6 Å². The molecule has 0 radical (unpaired) electrons. The Kier molecular flexibility index (Phi) is 7.42. The number of benzene rings is 1. The number of carbonyl (C=O) groups is 1. The average Bonchev–Trinajstić information content (AvgIpc) is 3.46. The topological polar surface area (TPSA) is 113 Å². The number of nitrogens with one attached hydrogen (secondary N) is 1. The standard InChI is InChI=1S/C33H35N9O3/c1-21-15-23(6-7-27(21)45-25-9-11-40-12-10-34-29(40)16-25)37-32-31-26(35-20-36-32)17-28-33(38-31)41-13-14-42(24(18-41)19-44-28)30(43)8-5-22(2)39(3)4/h5-12,15-17,20,22,24H,13-14,18-19H2,1-4H3,(H,35,36,37)/b8-5+. The van der Waals surface area contributed by atoms with Gasteiger partial charge in [0.2, 0.25) is 5.91 Å². The number of piperazine rings is 1. The minimum atomic E-state index is -0.0862. The second kappa shape index (κ2) is 11.7. The number of pyridine rings is 2. The molecule has 2 aliphatic heterocycles. The zero-order valence-corrected chi connectivity index (χ0v) is 25.7. The first-order valence-corrected chi connectivity index (χ1v) is 15.0. The number of rotatable bonds is 7. The molecular weight excluding hydrogens is 570 g/mol. The summed E-state index contributed by atoms with van der Waals surface area (Å²) in [5.74, 6) is 3.46. The van der Waals surface area contributed by atoms with Crippen molar-refractivity contribution in [3.63, 3.8) is 0 Å². The molecule has 1 fully saturated rings. The third-order valence-corrected chi connectivity index (χ3v) is 8.42. The molecule has 0 saturated carbocycles. The molecular formula is C33H35N9O3. The molecule has 2 bridgehead atoms. The Morgan fingerprint density at radius 2 is 2.02 bits per heavy atom. The van der Waals surface area contributed by atoms with Crippen molar-refractivity contribution in [3.05, 3.63) is 79.0 Å². The van der Waals surface area contributed by atoms with E-state index in [2.05, 4.69) is 37.0 Å². The van der Waals surface area contributed by atoms with Crippen LogP contribution >= 0.6 is 0 Å². The fourth-order valence-electron chi connectivity index (χ4n) is 5.60. The molecule has 6 heterocycles. The third-order valence-electron chi connectivity index (χ3n) is 8.42. The second-order valence-corrected chi connectivity index (χ2v) is 11.7. The van der Waals surface area contributed by atoms with E-state index in [4.69, 9.17) is 14.5 Å². The van der Waals surface area contributed by atoms with Crippen molar-refractivity contribution in [2.75, 3.05) is 50.6 Å². The van der Waals surface area contributed by atoms with E-state index in [-0.39, 0.29) is 18.0 Å². The number of aromatic nitrogens is 5. The van der Waals surface area contributed by atoms with Crippen molar-refractivity contribution in [3.8, 4) is 17.2 Å². The molecule has 1 saturated heterocycles. The van der Waals surface area contributed by atoms with Crippen LogP contribution in [0.2, 0.25) is 0 Å². The average molecular weight is 606 g/mol. The maximum absolute atomic E-state index is 13.1. The van der Waals surface area contributed by atoms with Crippen LogP contribution in [0.5, 0.6) is 17.2 Å². The first kappa shape index (κ1) is 28.5. The van der Waals surface area contributed by atoms with Crippen molar-refractivity contribution in [1.29, 1.82) is 0 Å². The summed E-state index contributed by atoms with van der Waals surface area (Å²) in [4.78, 5) is 37.6. The Labute approximate surface area is 260 Å².